The van der Waals surface area contributed by atoms with Gasteiger partial charge >= 0.3 is 5.97 Å². The minimum absolute atomic E-state index is 0.284. The highest BCUT2D eigenvalue weighted by atomic mass is 32.2. The quantitative estimate of drug-likeness (QED) is 0.608. The molecule has 0 saturated heterocycles. The van der Waals surface area contributed by atoms with Crippen molar-refractivity contribution in [3.63, 3.8) is 0 Å². The van der Waals surface area contributed by atoms with E-state index in [0.717, 1.165) is 29.5 Å². The second-order valence-corrected chi connectivity index (χ2v) is 6.67. The van der Waals surface area contributed by atoms with Crippen LogP contribution in [0, 0.1) is 11.3 Å². The summed E-state index contributed by atoms with van der Waals surface area (Å²) in [5, 5.41) is 10.5. The van der Waals surface area contributed by atoms with Crippen LogP contribution in [0.2, 0.25) is 0 Å². The molecule has 0 fully saturated rings. The molecule has 2 aromatic rings. The van der Waals surface area contributed by atoms with Crippen LogP contribution in [0.5, 0.6) is 0 Å². The normalized spacial score (nSPS) is 10.5. The number of thiophene rings is 1. The Morgan fingerprint density at radius 3 is 3.00 bits per heavy atom. The highest BCUT2D eigenvalue weighted by Crippen LogP contribution is 2.35. The number of aromatic nitrogens is 2. The molecular formula is C15H18N4O2S2. The molecule has 0 saturated carbocycles. The van der Waals surface area contributed by atoms with Crippen LogP contribution < -0.4 is 5.73 Å². The number of anilines is 1. The first-order valence-electron chi connectivity index (χ1n) is 7.24. The zero-order valence-electron chi connectivity index (χ0n) is 13.0. The molecule has 23 heavy (non-hydrogen) atoms. The lowest BCUT2D eigenvalue weighted by Gasteiger charge is -2.07. The smallest absolute Gasteiger partial charge is 0.348 e. The van der Waals surface area contributed by atoms with Crippen LogP contribution in [0.3, 0.4) is 0 Å². The third-order valence-corrected chi connectivity index (χ3v) is 5.17. The van der Waals surface area contributed by atoms with E-state index < -0.39 is 5.97 Å². The number of hydrogen-bond acceptors (Lipinski definition) is 7. The van der Waals surface area contributed by atoms with E-state index in [1.807, 2.05) is 6.20 Å². The SMILES string of the molecule is CCCn1ccnc1SCc1c(C(=O)OCC)sc(N)c1C#N. The molecular weight excluding hydrogens is 332 g/mol. The van der Waals surface area contributed by atoms with E-state index in [4.69, 9.17) is 10.5 Å². The van der Waals surface area contributed by atoms with Crippen molar-refractivity contribution in [1.82, 2.24) is 9.55 Å². The summed E-state index contributed by atoms with van der Waals surface area (Å²) in [5.41, 5.74) is 6.86. The van der Waals surface area contributed by atoms with E-state index in [1.165, 1.54) is 11.8 Å². The van der Waals surface area contributed by atoms with Gasteiger partial charge in [0.1, 0.15) is 15.9 Å². The van der Waals surface area contributed by atoms with Gasteiger partial charge in [-0.3, -0.25) is 0 Å². The molecule has 0 aromatic carbocycles. The van der Waals surface area contributed by atoms with E-state index in [2.05, 4.69) is 22.5 Å². The number of nitrogens with zero attached hydrogens (tertiary/aromatic N) is 3. The molecule has 2 aromatic heterocycles. The summed E-state index contributed by atoms with van der Waals surface area (Å²) in [4.78, 5) is 16.8. The summed E-state index contributed by atoms with van der Waals surface area (Å²) in [6, 6.07) is 2.09. The molecule has 2 rings (SSSR count). The van der Waals surface area contributed by atoms with Gasteiger partial charge in [0, 0.05) is 30.3 Å². The van der Waals surface area contributed by atoms with Gasteiger partial charge in [-0.15, -0.1) is 11.3 Å². The molecule has 0 aliphatic carbocycles. The molecule has 6 nitrogen and oxygen atoms in total. The fraction of sp³-hybridized carbons (Fsp3) is 0.400. The van der Waals surface area contributed by atoms with Gasteiger partial charge in [0.25, 0.3) is 0 Å². The van der Waals surface area contributed by atoms with Gasteiger partial charge in [-0.1, -0.05) is 18.7 Å². The summed E-state index contributed by atoms with van der Waals surface area (Å²) in [5.74, 6) is 0.0176. The van der Waals surface area contributed by atoms with Gasteiger partial charge in [-0.2, -0.15) is 5.26 Å². The lowest BCUT2D eigenvalue weighted by atomic mass is 10.2. The lowest BCUT2D eigenvalue weighted by Crippen LogP contribution is -2.05. The molecule has 2 N–H and O–H groups in total. The van der Waals surface area contributed by atoms with Crippen LogP contribution in [0.25, 0.3) is 0 Å². The van der Waals surface area contributed by atoms with Crippen molar-refractivity contribution in [2.75, 3.05) is 12.3 Å². The van der Waals surface area contributed by atoms with E-state index in [-0.39, 0.29) is 6.61 Å². The number of carbonyl (C=O) groups is 1. The largest absolute Gasteiger partial charge is 0.462 e. The molecule has 0 spiro atoms. The van der Waals surface area contributed by atoms with Gasteiger partial charge in [-0.25, -0.2) is 9.78 Å². The van der Waals surface area contributed by atoms with Crippen molar-refractivity contribution in [3.05, 3.63) is 28.4 Å². The maximum atomic E-state index is 12.1. The van der Waals surface area contributed by atoms with Crippen molar-refractivity contribution in [1.29, 1.82) is 5.26 Å². The number of aryl methyl sites for hydroxylation is 1. The third kappa shape index (κ3) is 3.86. The van der Waals surface area contributed by atoms with Crippen LogP contribution in [0.1, 0.15) is 41.1 Å². The number of hydrogen-bond donors (Lipinski definition) is 1. The van der Waals surface area contributed by atoms with Crippen LogP contribution >= 0.6 is 23.1 Å². The molecule has 0 unspecified atom stereocenters. The minimum Gasteiger partial charge on any atom is -0.462 e. The van der Waals surface area contributed by atoms with Crippen LogP contribution in [-0.2, 0) is 17.0 Å². The number of ether oxygens (including phenoxy) is 1. The molecule has 0 radical (unpaired) electrons. The highest BCUT2D eigenvalue weighted by molar-refractivity contribution is 7.98. The molecule has 0 aliphatic heterocycles. The zero-order valence-corrected chi connectivity index (χ0v) is 14.7. The van der Waals surface area contributed by atoms with Crippen molar-refractivity contribution >= 4 is 34.1 Å². The van der Waals surface area contributed by atoms with Gasteiger partial charge in [0.15, 0.2) is 5.16 Å². The van der Waals surface area contributed by atoms with Gasteiger partial charge in [-0.05, 0) is 13.3 Å². The number of thioether (sulfide) groups is 1. The average molecular weight is 350 g/mol. The van der Waals surface area contributed by atoms with Crippen molar-refractivity contribution in [2.45, 2.75) is 37.7 Å². The second kappa shape index (κ2) is 8.04. The maximum Gasteiger partial charge on any atom is 0.348 e. The van der Waals surface area contributed by atoms with Gasteiger partial charge in [0.05, 0.1) is 12.2 Å². The number of rotatable bonds is 7. The summed E-state index contributed by atoms with van der Waals surface area (Å²) in [6.07, 6.45) is 4.68. The Kier molecular flexibility index (Phi) is 6.07. The summed E-state index contributed by atoms with van der Waals surface area (Å²) in [6.45, 7) is 5.01. The first-order chi connectivity index (χ1) is 11.1. The number of imidazole rings is 1. The Labute approximate surface area is 143 Å². The van der Waals surface area contributed by atoms with E-state index in [0.29, 0.717) is 26.8 Å². The Bertz CT molecular complexity index is 730. The maximum absolute atomic E-state index is 12.1. The van der Waals surface area contributed by atoms with Crippen molar-refractivity contribution in [2.24, 2.45) is 0 Å². The number of carbonyl (C=O) groups excluding carboxylic acids is 1. The van der Waals surface area contributed by atoms with E-state index in [9.17, 15) is 10.1 Å². The van der Waals surface area contributed by atoms with Crippen LogP contribution in [0.15, 0.2) is 17.6 Å². The summed E-state index contributed by atoms with van der Waals surface area (Å²) in [7, 11) is 0. The molecule has 0 atom stereocenters. The standard InChI is InChI=1S/C15H18N4O2S2/c1-3-6-19-7-5-18-15(19)22-9-11-10(8-16)13(17)23-12(11)14(20)21-4-2/h5,7H,3-4,6,9,17H2,1-2H3. The fourth-order valence-electron chi connectivity index (χ4n) is 2.09. The Morgan fingerprint density at radius 2 is 2.35 bits per heavy atom. The summed E-state index contributed by atoms with van der Waals surface area (Å²) < 4.78 is 7.11. The Hall–Kier alpha value is -1.98. The number of nitrogen functional groups attached to an aromatic ring is 1. The summed E-state index contributed by atoms with van der Waals surface area (Å²) >= 11 is 2.59. The van der Waals surface area contributed by atoms with Crippen molar-refractivity contribution < 1.29 is 9.53 Å². The molecule has 8 heteroatoms. The molecule has 2 heterocycles. The zero-order chi connectivity index (χ0) is 16.8. The fourth-order valence-corrected chi connectivity index (χ4v) is 4.13. The van der Waals surface area contributed by atoms with E-state index in [1.54, 1.807) is 13.1 Å². The average Bonchev–Trinajstić information content (AvgIpc) is 3.09. The topological polar surface area (TPSA) is 93.9 Å². The van der Waals surface area contributed by atoms with Crippen LogP contribution in [-0.4, -0.2) is 22.1 Å². The second-order valence-electron chi connectivity index (χ2n) is 4.67. The highest BCUT2D eigenvalue weighted by Gasteiger charge is 2.23. The Balaban J connectivity index is 2.26. The minimum atomic E-state index is -0.432. The predicted octanol–water partition coefficient (Wildman–Crippen LogP) is 3.28. The number of nitriles is 1. The number of nitrogens with two attached hydrogens (primary N) is 1. The predicted molar refractivity (Wildman–Crippen MR) is 91.5 cm³/mol. The molecule has 0 bridgehead atoms. The molecule has 0 amide bonds. The first kappa shape index (κ1) is 17.4. The van der Waals surface area contributed by atoms with Crippen molar-refractivity contribution in [3.8, 4) is 6.07 Å². The lowest BCUT2D eigenvalue weighted by molar-refractivity contribution is 0.0531. The van der Waals surface area contributed by atoms with Gasteiger partial charge in [0.2, 0.25) is 0 Å². The molecule has 0 aliphatic rings. The van der Waals surface area contributed by atoms with Gasteiger partial charge < -0.3 is 15.0 Å². The third-order valence-electron chi connectivity index (χ3n) is 3.09. The molecule has 122 valence electrons. The monoisotopic (exact) mass is 350 g/mol. The van der Waals surface area contributed by atoms with E-state index >= 15 is 0 Å². The van der Waals surface area contributed by atoms with Crippen LogP contribution in [0.4, 0.5) is 5.00 Å². The first-order valence-corrected chi connectivity index (χ1v) is 9.04. The number of esters is 1. The Morgan fingerprint density at radius 1 is 1.57 bits per heavy atom.